The Hall–Kier alpha value is -1.76. The predicted octanol–water partition coefficient (Wildman–Crippen LogP) is 2.90. The second-order valence-electron chi connectivity index (χ2n) is 9.19. The Morgan fingerprint density at radius 1 is 0.690 bits per heavy atom. The molecule has 2 aliphatic carbocycles. The molecular weight excluding hydrogens is 360 g/mol. The molecule has 5 heteroatoms. The molecule has 2 aromatic carbocycles. The zero-order valence-corrected chi connectivity index (χ0v) is 17.0. The van der Waals surface area contributed by atoms with E-state index in [0.29, 0.717) is 0 Å². The fourth-order valence-electron chi connectivity index (χ4n) is 5.25. The average Bonchev–Trinajstić information content (AvgIpc) is 3.25. The van der Waals surface area contributed by atoms with Crippen molar-refractivity contribution in [1.82, 2.24) is 0 Å². The molecule has 6 atom stereocenters. The number of ether oxygens (including phenoxy) is 1. The summed E-state index contributed by atoms with van der Waals surface area (Å²) in [5.41, 5.74) is 27.6. The van der Waals surface area contributed by atoms with Crippen molar-refractivity contribution in [1.29, 1.82) is 0 Å². The van der Waals surface area contributed by atoms with Crippen LogP contribution in [0.3, 0.4) is 0 Å². The van der Waals surface area contributed by atoms with Crippen LogP contribution in [0.4, 0.5) is 0 Å². The fraction of sp³-hybridized carbons (Fsp3) is 0.500. The lowest BCUT2D eigenvalue weighted by Gasteiger charge is -2.42. The van der Waals surface area contributed by atoms with Gasteiger partial charge in [-0.3, -0.25) is 0 Å². The predicted molar refractivity (Wildman–Crippen MR) is 117 cm³/mol. The Labute approximate surface area is 173 Å². The van der Waals surface area contributed by atoms with Crippen LogP contribution in [0.15, 0.2) is 60.7 Å². The molecule has 0 saturated heterocycles. The first-order valence-electron chi connectivity index (χ1n) is 10.7. The van der Waals surface area contributed by atoms with Crippen LogP contribution in [0, 0.1) is 0 Å². The molecule has 4 rings (SSSR count). The van der Waals surface area contributed by atoms with Gasteiger partial charge in [-0.05, 0) is 49.7 Å². The molecule has 0 bridgehead atoms. The SMILES string of the molecule is NC1CCC(N)(C(OC(c2ccccc2)C2(N)CCC(N)C2)c2ccccc2)C1. The highest BCUT2D eigenvalue weighted by Gasteiger charge is 2.48. The molecule has 2 fully saturated rings. The van der Waals surface area contributed by atoms with E-state index in [1.54, 1.807) is 0 Å². The van der Waals surface area contributed by atoms with E-state index in [1.807, 2.05) is 36.4 Å². The lowest BCUT2D eigenvalue weighted by molar-refractivity contribution is -0.0884. The molecule has 8 N–H and O–H groups in total. The van der Waals surface area contributed by atoms with E-state index in [1.165, 1.54) is 0 Å². The summed E-state index contributed by atoms with van der Waals surface area (Å²) in [6.45, 7) is 0. The highest BCUT2D eigenvalue weighted by Crippen LogP contribution is 2.47. The Morgan fingerprint density at radius 3 is 1.38 bits per heavy atom. The van der Waals surface area contributed by atoms with E-state index < -0.39 is 11.1 Å². The van der Waals surface area contributed by atoms with E-state index in [9.17, 15) is 0 Å². The van der Waals surface area contributed by atoms with Crippen molar-refractivity contribution in [3.63, 3.8) is 0 Å². The van der Waals surface area contributed by atoms with Crippen LogP contribution in [0.25, 0.3) is 0 Å². The van der Waals surface area contributed by atoms with Gasteiger partial charge in [-0.25, -0.2) is 0 Å². The quantitative estimate of drug-likeness (QED) is 0.602. The third-order valence-corrected chi connectivity index (χ3v) is 6.77. The maximum absolute atomic E-state index is 6.95. The van der Waals surface area contributed by atoms with Crippen LogP contribution < -0.4 is 22.9 Å². The van der Waals surface area contributed by atoms with Gasteiger partial charge in [0.2, 0.25) is 0 Å². The Kier molecular flexibility index (Phi) is 5.78. The van der Waals surface area contributed by atoms with Crippen LogP contribution in [0.5, 0.6) is 0 Å². The molecule has 0 heterocycles. The molecule has 29 heavy (non-hydrogen) atoms. The van der Waals surface area contributed by atoms with Crippen molar-refractivity contribution in [3.8, 4) is 0 Å². The van der Waals surface area contributed by atoms with Crippen LogP contribution in [-0.2, 0) is 4.74 Å². The van der Waals surface area contributed by atoms with Gasteiger partial charge >= 0.3 is 0 Å². The fourth-order valence-corrected chi connectivity index (χ4v) is 5.25. The molecule has 156 valence electrons. The minimum Gasteiger partial charge on any atom is -0.362 e. The van der Waals surface area contributed by atoms with Crippen LogP contribution in [-0.4, -0.2) is 23.2 Å². The van der Waals surface area contributed by atoms with Crippen molar-refractivity contribution in [2.45, 2.75) is 73.9 Å². The van der Waals surface area contributed by atoms with Gasteiger partial charge in [-0.15, -0.1) is 0 Å². The number of nitrogens with two attached hydrogens (primary N) is 4. The van der Waals surface area contributed by atoms with Crippen molar-refractivity contribution < 1.29 is 4.74 Å². The molecule has 6 unspecified atom stereocenters. The molecule has 0 amide bonds. The molecule has 0 spiro atoms. The first-order chi connectivity index (χ1) is 13.9. The summed E-state index contributed by atoms with van der Waals surface area (Å²) >= 11 is 0. The van der Waals surface area contributed by atoms with Crippen LogP contribution >= 0.6 is 0 Å². The summed E-state index contributed by atoms with van der Waals surface area (Å²) in [5, 5.41) is 0. The van der Waals surface area contributed by atoms with E-state index in [0.717, 1.165) is 49.7 Å². The molecule has 0 aromatic heterocycles. The third kappa shape index (κ3) is 4.25. The van der Waals surface area contributed by atoms with Gasteiger partial charge in [0.1, 0.15) is 12.2 Å². The van der Waals surface area contributed by atoms with Gasteiger partial charge in [0, 0.05) is 23.2 Å². The lowest BCUT2D eigenvalue weighted by Crippen LogP contribution is -2.50. The highest BCUT2D eigenvalue weighted by atomic mass is 16.5. The number of benzene rings is 2. The molecule has 2 saturated carbocycles. The molecule has 5 nitrogen and oxygen atoms in total. The smallest absolute Gasteiger partial charge is 0.101 e. The maximum Gasteiger partial charge on any atom is 0.101 e. The van der Waals surface area contributed by atoms with Gasteiger partial charge in [0.05, 0.1) is 0 Å². The zero-order valence-electron chi connectivity index (χ0n) is 17.0. The van der Waals surface area contributed by atoms with Gasteiger partial charge in [0.15, 0.2) is 0 Å². The molecular formula is C24H34N4O. The second kappa shape index (κ2) is 8.17. The van der Waals surface area contributed by atoms with Crippen molar-refractivity contribution in [3.05, 3.63) is 71.8 Å². The topological polar surface area (TPSA) is 113 Å². The largest absolute Gasteiger partial charge is 0.362 e. The summed E-state index contributed by atoms with van der Waals surface area (Å²) in [4.78, 5) is 0. The molecule has 2 aromatic rings. The van der Waals surface area contributed by atoms with E-state index >= 15 is 0 Å². The summed E-state index contributed by atoms with van der Waals surface area (Å²) in [6.07, 6.45) is 4.43. The van der Waals surface area contributed by atoms with Gasteiger partial charge in [-0.1, -0.05) is 60.7 Å². The minimum atomic E-state index is -0.509. The minimum absolute atomic E-state index is 0.108. The summed E-state index contributed by atoms with van der Waals surface area (Å²) in [7, 11) is 0. The Morgan fingerprint density at radius 2 is 1.07 bits per heavy atom. The monoisotopic (exact) mass is 394 g/mol. The summed E-state index contributed by atoms with van der Waals surface area (Å²) in [6, 6.07) is 20.7. The number of hydrogen-bond donors (Lipinski definition) is 4. The summed E-state index contributed by atoms with van der Waals surface area (Å²) < 4.78 is 6.93. The maximum atomic E-state index is 6.95. The van der Waals surface area contributed by atoms with Crippen LogP contribution in [0.1, 0.15) is 61.9 Å². The normalized spacial score (nSPS) is 34.2. The van der Waals surface area contributed by atoms with Crippen molar-refractivity contribution >= 4 is 0 Å². The Balaban J connectivity index is 1.73. The van der Waals surface area contributed by atoms with E-state index in [2.05, 4.69) is 24.3 Å². The highest BCUT2D eigenvalue weighted by molar-refractivity contribution is 5.26. The van der Waals surface area contributed by atoms with Crippen molar-refractivity contribution in [2.24, 2.45) is 22.9 Å². The van der Waals surface area contributed by atoms with Gasteiger partial charge in [-0.2, -0.15) is 0 Å². The van der Waals surface area contributed by atoms with Gasteiger partial charge < -0.3 is 27.7 Å². The Bertz CT molecular complexity index is 734. The van der Waals surface area contributed by atoms with Gasteiger partial charge in [0.25, 0.3) is 0 Å². The summed E-state index contributed by atoms with van der Waals surface area (Å²) in [5.74, 6) is 0. The first-order valence-corrected chi connectivity index (χ1v) is 10.7. The van der Waals surface area contributed by atoms with Crippen LogP contribution in [0.2, 0.25) is 0 Å². The van der Waals surface area contributed by atoms with E-state index in [-0.39, 0.29) is 24.3 Å². The average molecular weight is 395 g/mol. The lowest BCUT2D eigenvalue weighted by atomic mass is 9.83. The third-order valence-electron chi connectivity index (χ3n) is 6.77. The standard InChI is InChI=1S/C24H34N4O/c25-19-11-13-23(27,15-19)21(17-7-3-1-4-8-17)29-22(18-9-5-2-6-10-18)24(28)14-12-20(26)16-24/h1-10,19-22H,11-16,25-28H2. The second-order valence-corrected chi connectivity index (χ2v) is 9.19. The molecule has 0 radical (unpaired) electrons. The number of hydrogen-bond acceptors (Lipinski definition) is 5. The number of rotatable bonds is 6. The van der Waals surface area contributed by atoms with E-state index in [4.69, 9.17) is 27.7 Å². The van der Waals surface area contributed by atoms with Crippen molar-refractivity contribution in [2.75, 3.05) is 0 Å². The molecule has 2 aliphatic rings. The zero-order chi connectivity index (χ0) is 20.5. The molecule has 0 aliphatic heterocycles. The first kappa shape index (κ1) is 20.5.